The molecule has 0 atom stereocenters. The molecule has 3 N–H and O–H groups in total. The molecule has 0 aromatic rings. The van der Waals surface area contributed by atoms with Crippen LogP contribution in [0.5, 0.6) is 0 Å². The minimum atomic E-state index is -0.780. The Kier molecular flexibility index (Phi) is 5.98. The fourth-order valence-corrected chi connectivity index (χ4v) is 2.59. The number of amides is 1. The molecule has 0 radical (unpaired) electrons. The maximum Gasteiger partial charge on any atom is 0.235 e. The molecule has 0 spiro atoms. The number of nitrogens with two attached hydrogens (primary N) is 1. The van der Waals surface area contributed by atoms with Gasteiger partial charge in [0.05, 0.1) is 11.6 Å². The number of ether oxygens (including phenoxy) is 1. The molecule has 1 aliphatic heterocycles. The summed E-state index contributed by atoms with van der Waals surface area (Å²) in [6.45, 7) is 3.90. The van der Waals surface area contributed by atoms with E-state index >= 15 is 0 Å². The maximum atomic E-state index is 12.6. The standard InChI is InChI=1S/C12H22N2O3S/c1-2-5-14(6-7-15)11(16)12(10(13)18)3-8-17-9-4-12/h15H,2-9H2,1H3,(H2,13,18). The molecule has 6 heteroatoms. The summed E-state index contributed by atoms with van der Waals surface area (Å²) in [5.74, 6) is -0.0609. The zero-order chi connectivity index (χ0) is 13.6. The van der Waals surface area contributed by atoms with Crippen molar-refractivity contribution in [2.45, 2.75) is 26.2 Å². The van der Waals surface area contributed by atoms with Crippen LogP contribution in [0.1, 0.15) is 26.2 Å². The Balaban J connectivity index is 2.89. The first kappa shape index (κ1) is 15.3. The van der Waals surface area contributed by atoms with E-state index in [-0.39, 0.29) is 17.5 Å². The van der Waals surface area contributed by atoms with Gasteiger partial charge in [0.1, 0.15) is 5.41 Å². The highest BCUT2D eigenvalue weighted by molar-refractivity contribution is 7.80. The summed E-state index contributed by atoms with van der Waals surface area (Å²) >= 11 is 5.10. The first-order chi connectivity index (χ1) is 8.58. The van der Waals surface area contributed by atoms with E-state index in [0.29, 0.717) is 39.1 Å². The second-order valence-electron chi connectivity index (χ2n) is 4.57. The largest absolute Gasteiger partial charge is 0.395 e. The van der Waals surface area contributed by atoms with Crippen LogP contribution in [0.15, 0.2) is 0 Å². The van der Waals surface area contributed by atoms with E-state index in [1.165, 1.54) is 0 Å². The lowest BCUT2D eigenvalue weighted by Gasteiger charge is -2.38. The van der Waals surface area contributed by atoms with E-state index in [4.69, 9.17) is 27.8 Å². The molecule has 1 fully saturated rings. The van der Waals surface area contributed by atoms with E-state index in [1.807, 2.05) is 6.92 Å². The molecule has 1 saturated heterocycles. The van der Waals surface area contributed by atoms with Crippen molar-refractivity contribution < 1.29 is 14.6 Å². The first-order valence-electron chi connectivity index (χ1n) is 6.36. The molecule has 0 unspecified atom stereocenters. The third-order valence-corrected chi connectivity index (χ3v) is 3.77. The lowest BCUT2D eigenvalue weighted by atomic mass is 9.78. The summed E-state index contributed by atoms with van der Waals surface area (Å²) in [4.78, 5) is 14.5. The summed E-state index contributed by atoms with van der Waals surface area (Å²) in [6.07, 6.45) is 1.91. The second-order valence-corrected chi connectivity index (χ2v) is 5.01. The number of rotatable bonds is 6. The molecule has 1 heterocycles. The predicted molar refractivity (Wildman–Crippen MR) is 73.2 cm³/mol. The summed E-state index contributed by atoms with van der Waals surface area (Å²) in [6, 6.07) is 0. The van der Waals surface area contributed by atoms with Gasteiger partial charge in [0.15, 0.2) is 0 Å². The van der Waals surface area contributed by atoms with Gasteiger partial charge in [0.2, 0.25) is 5.91 Å². The monoisotopic (exact) mass is 274 g/mol. The van der Waals surface area contributed by atoms with Gasteiger partial charge < -0.3 is 20.5 Å². The third kappa shape index (κ3) is 3.18. The van der Waals surface area contributed by atoms with Crippen molar-refractivity contribution in [2.24, 2.45) is 11.1 Å². The van der Waals surface area contributed by atoms with Crippen LogP contribution >= 0.6 is 12.2 Å². The van der Waals surface area contributed by atoms with Crippen LogP contribution < -0.4 is 5.73 Å². The fraction of sp³-hybridized carbons (Fsp3) is 0.833. The van der Waals surface area contributed by atoms with Gasteiger partial charge in [-0.3, -0.25) is 4.79 Å². The van der Waals surface area contributed by atoms with Gasteiger partial charge >= 0.3 is 0 Å². The topological polar surface area (TPSA) is 75.8 Å². The normalized spacial score (nSPS) is 18.3. The number of hydrogen-bond acceptors (Lipinski definition) is 4. The van der Waals surface area contributed by atoms with E-state index in [1.54, 1.807) is 4.90 Å². The van der Waals surface area contributed by atoms with Gasteiger partial charge in [-0.2, -0.15) is 0 Å². The first-order valence-corrected chi connectivity index (χ1v) is 6.77. The molecule has 18 heavy (non-hydrogen) atoms. The maximum absolute atomic E-state index is 12.6. The Hall–Kier alpha value is -0.720. The smallest absolute Gasteiger partial charge is 0.235 e. The average molecular weight is 274 g/mol. The molecular formula is C12H22N2O3S. The number of nitrogens with zero attached hydrogens (tertiary/aromatic N) is 1. The highest BCUT2D eigenvalue weighted by atomic mass is 32.1. The summed E-state index contributed by atoms with van der Waals surface area (Å²) in [5, 5.41) is 9.05. The Labute approximate surface area is 113 Å². The number of carbonyl (C=O) groups excluding carboxylic acids is 1. The molecule has 0 aliphatic carbocycles. The van der Waals surface area contributed by atoms with Crippen molar-refractivity contribution in [1.82, 2.24) is 4.90 Å². The molecule has 0 aromatic heterocycles. The molecule has 1 amide bonds. The molecule has 1 rings (SSSR count). The highest BCUT2D eigenvalue weighted by Crippen LogP contribution is 2.33. The van der Waals surface area contributed by atoms with Gasteiger partial charge in [0.25, 0.3) is 0 Å². The Bertz CT molecular complexity index is 298. The van der Waals surface area contributed by atoms with Crippen LogP contribution in [0.3, 0.4) is 0 Å². The Morgan fingerprint density at radius 2 is 2.06 bits per heavy atom. The third-order valence-electron chi connectivity index (χ3n) is 3.38. The summed E-state index contributed by atoms with van der Waals surface area (Å²) < 4.78 is 5.29. The fourth-order valence-electron chi connectivity index (χ4n) is 2.29. The van der Waals surface area contributed by atoms with Crippen LogP contribution in [-0.2, 0) is 9.53 Å². The summed E-state index contributed by atoms with van der Waals surface area (Å²) in [5.41, 5.74) is 5.02. The van der Waals surface area contributed by atoms with Crippen molar-refractivity contribution in [2.75, 3.05) is 32.9 Å². The van der Waals surface area contributed by atoms with Gasteiger partial charge in [-0.05, 0) is 19.3 Å². The predicted octanol–water partition coefficient (Wildman–Crippen LogP) is 0.300. The summed E-state index contributed by atoms with van der Waals surface area (Å²) in [7, 11) is 0. The average Bonchev–Trinajstić information content (AvgIpc) is 2.38. The minimum absolute atomic E-state index is 0.0460. The molecule has 0 bridgehead atoms. The molecule has 0 aromatic carbocycles. The van der Waals surface area contributed by atoms with Crippen molar-refractivity contribution in [1.29, 1.82) is 0 Å². The van der Waals surface area contributed by atoms with Gasteiger partial charge in [0, 0.05) is 26.3 Å². The molecule has 5 nitrogen and oxygen atoms in total. The van der Waals surface area contributed by atoms with E-state index < -0.39 is 5.41 Å². The van der Waals surface area contributed by atoms with Gasteiger partial charge in [-0.1, -0.05) is 19.1 Å². The Morgan fingerprint density at radius 3 is 2.50 bits per heavy atom. The van der Waals surface area contributed by atoms with Crippen LogP contribution in [0, 0.1) is 5.41 Å². The van der Waals surface area contributed by atoms with Crippen LogP contribution in [-0.4, -0.2) is 53.8 Å². The molecule has 0 saturated carbocycles. The lowest BCUT2D eigenvalue weighted by molar-refractivity contribution is -0.143. The number of carbonyl (C=O) groups is 1. The number of hydrogen-bond donors (Lipinski definition) is 2. The number of thiocarbonyl (C=S) groups is 1. The Morgan fingerprint density at radius 1 is 1.44 bits per heavy atom. The van der Waals surface area contributed by atoms with Crippen molar-refractivity contribution >= 4 is 23.1 Å². The molecule has 104 valence electrons. The van der Waals surface area contributed by atoms with Gasteiger partial charge in [-0.25, -0.2) is 0 Å². The van der Waals surface area contributed by atoms with Crippen molar-refractivity contribution in [3.05, 3.63) is 0 Å². The van der Waals surface area contributed by atoms with E-state index in [0.717, 1.165) is 6.42 Å². The quantitative estimate of drug-likeness (QED) is 0.681. The minimum Gasteiger partial charge on any atom is -0.395 e. The van der Waals surface area contributed by atoms with Gasteiger partial charge in [-0.15, -0.1) is 0 Å². The van der Waals surface area contributed by atoms with Crippen LogP contribution in [0.2, 0.25) is 0 Å². The number of aliphatic hydroxyl groups excluding tert-OH is 1. The van der Waals surface area contributed by atoms with E-state index in [2.05, 4.69) is 0 Å². The number of aliphatic hydroxyl groups is 1. The highest BCUT2D eigenvalue weighted by Gasteiger charge is 2.44. The van der Waals surface area contributed by atoms with E-state index in [9.17, 15) is 4.79 Å². The van der Waals surface area contributed by atoms with Crippen molar-refractivity contribution in [3.63, 3.8) is 0 Å². The lowest BCUT2D eigenvalue weighted by Crippen LogP contribution is -2.54. The SMILES string of the molecule is CCCN(CCO)C(=O)C1(C(N)=S)CCOCC1. The van der Waals surface area contributed by atoms with Crippen LogP contribution in [0.4, 0.5) is 0 Å². The second kappa shape index (κ2) is 7.01. The van der Waals surface area contributed by atoms with Crippen molar-refractivity contribution in [3.8, 4) is 0 Å². The van der Waals surface area contributed by atoms with Crippen LogP contribution in [0.25, 0.3) is 0 Å². The zero-order valence-corrected chi connectivity index (χ0v) is 11.7. The molecular weight excluding hydrogens is 252 g/mol. The molecule has 1 aliphatic rings. The zero-order valence-electron chi connectivity index (χ0n) is 10.9.